The summed E-state index contributed by atoms with van der Waals surface area (Å²) in [5.41, 5.74) is 1.51. The van der Waals surface area contributed by atoms with Gasteiger partial charge in [0.05, 0.1) is 24.1 Å². The molecule has 8 heteroatoms. The number of hydrogen-bond acceptors (Lipinski definition) is 7. The van der Waals surface area contributed by atoms with Crippen LogP contribution < -0.4 is 5.32 Å². The molecule has 0 spiro atoms. The summed E-state index contributed by atoms with van der Waals surface area (Å²) >= 11 is 1.12. The number of carbonyl (C=O) groups excluding carboxylic acids is 2. The molecule has 0 unspecified atom stereocenters. The van der Waals surface area contributed by atoms with Gasteiger partial charge < -0.3 is 14.5 Å². The third kappa shape index (κ3) is 4.18. The lowest BCUT2D eigenvalue weighted by Crippen LogP contribution is -2.17. The van der Waals surface area contributed by atoms with Crippen LogP contribution in [-0.2, 0) is 9.53 Å². The van der Waals surface area contributed by atoms with Gasteiger partial charge in [-0.2, -0.15) is 0 Å². The number of thioether (sulfide) groups is 1. The van der Waals surface area contributed by atoms with E-state index in [1.54, 1.807) is 24.3 Å². The molecule has 0 fully saturated rings. The van der Waals surface area contributed by atoms with Crippen molar-refractivity contribution >= 4 is 40.1 Å². The molecule has 7 nitrogen and oxygen atoms in total. The number of rotatable bonds is 6. The van der Waals surface area contributed by atoms with Crippen LogP contribution in [0.3, 0.4) is 0 Å². The van der Waals surface area contributed by atoms with E-state index in [1.165, 1.54) is 7.11 Å². The van der Waals surface area contributed by atoms with E-state index in [0.29, 0.717) is 11.6 Å². The Balaban J connectivity index is 1.44. The van der Waals surface area contributed by atoms with Gasteiger partial charge in [-0.05, 0) is 29.0 Å². The van der Waals surface area contributed by atoms with Crippen LogP contribution in [0.15, 0.2) is 76.4 Å². The molecule has 0 atom stereocenters. The lowest BCUT2D eigenvalue weighted by atomic mass is 10.0. The third-order valence-corrected chi connectivity index (χ3v) is 5.18. The lowest BCUT2D eigenvalue weighted by molar-refractivity contribution is -0.113. The normalized spacial score (nSPS) is 10.7. The van der Waals surface area contributed by atoms with Crippen molar-refractivity contribution in [1.29, 1.82) is 0 Å². The number of amides is 1. The second-order valence-corrected chi connectivity index (χ2v) is 7.20. The summed E-state index contributed by atoms with van der Waals surface area (Å²) in [4.78, 5) is 24.1. The number of carbonyl (C=O) groups is 2. The van der Waals surface area contributed by atoms with Crippen molar-refractivity contribution in [2.24, 2.45) is 0 Å². The molecule has 30 heavy (non-hydrogen) atoms. The van der Waals surface area contributed by atoms with E-state index >= 15 is 0 Å². The van der Waals surface area contributed by atoms with Gasteiger partial charge in [-0.15, -0.1) is 10.2 Å². The molecule has 1 amide bonds. The fourth-order valence-corrected chi connectivity index (χ4v) is 3.55. The zero-order valence-corrected chi connectivity index (χ0v) is 16.8. The highest BCUT2D eigenvalue weighted by Gasteiger charge is 2.16. The van der Waals surface area contributed by atoms with Crippen molar-refractivity contribution in [1.82, 2.24) is 10.2 Å². The van der Waals surface area contributed by atoms with Crippen LogP contribution in [0.25, 0.3) is 22.2 Å². The second kappa shape index (κ2) is 8.79. The Morgan fingerprint density at radius 1 is 1.00 bits per heavy atom. The topological polar surface area (TPSA) is 94.3 Å². The molecule has 4 aromatic rings. The summed E-state index contributed by atoms with van der Waals surface area (Å²) in [6.07, 6.45) is 0. The SMILES string of the molecule is COC(=O)c1ccccc1NC(=O)CSc1nnc(-c2cccc3ccccc23)o1. The van der Waals surface area contributed by atoms with Crippen LogP contribution in [-0.4, -0.2) is 34.9 Å². The average molecular weight is 419 g/mol. The predicted molar refractivity (Wildman–Crippen MR) is 114 cm³/mol. The number of hydrogen-bond donors (Lipinski definition) is 1. The summed E-state index contributed by atoms with van der Waals surface area (Å²) in [6, 6.07) is 20.4. The molecule has 3 aromatic carbocycles. The molecule has 1 N–H and O–H groups in total. The highest BCUT2D eigenvalue weighted by atomic mass is 32.2. The number of esters is 1. The van der Waals surface area contributed by atoms with Gasteiger partial charge in [-0.1, -0.05) is 60.3 Å². The summed E-state index contributed by atoms with van der Waals surface area (Å²) < 4.78 is 10.5. The number of nitrogens with zero attached hydrogens (tertiary/aromatic N) is 2. The molecule has 1 heterocycles. The van der Waals surface area contributed by atoms with Gasteiger partial charge in [0.2, 0.25) is 11.8 Å². The van der Waals surface area contributed by atoms with Gasteiger partial charge >= 0.3 is 5.97 Å². The van der Waals surface area contributed by atoms with Crippen molar-refractivity contribution in [2.75, 3.05) is 18.2 Å². The number of fused-ring (bicyclic) bond motifs is 1. The minimum Gasteiger partial charge on any atom is -0.465 e. The first-order chi connectivity index (χ1) is 14.7. The Morgan fingerprint density at radius 3 is 2.63 bits per heavy atom. The number of benzene rings is 3. The van der Waals surface area contributed by atoms with Crippen molar-refractivity contribution in [2.45, 2.75) is 5.22 Å². The summed E-state index contributed by atoms with van der Waals surface area (Å²) in [6.45, 7) is 0. The van der Waals surface area contributed by atoms with Crippen LogP contribution in [0.4, 0.5) is 5.69 Å². The molecule has 0 saturated heterocycles. The van der Waals surface area contributed by atoms with Crippen LogP contribution in [0.5, 0.6) is 0 Å². The molecule has 1 aromatic heterocycles. The van der Waals surface area contributed by atoms with Crippen molar-refractivity contribution in [3.05, 3.63) is 72.3 Å². The first kappa shape index (κ1) is 19.7. The third-order valence-electron chi connectivity index (χ3n) is 4.36. The minimum absolute atomic E-state index is 0.0483. The predicted octanol–water partition coefficient (Wildman–Crippen LogP) is 4.41. The van der Waals surface area contributed by atoms with Gasteiger partial charge in [0.25, 0.3) is 5.22 Å². The first-order valence-electron chi connectivity index (χ1n) is 9.07. The summed E-state index contributed by atoms with van der Waals surface area (Å²) in [5.74, 6) is -0.380. The maximum absolute atomic E-state index is 12.3. The fourth-order valence-electron chi connectivity index (χ4n) is 2.98. The molecule has 0 radical (unpaired) electrons. The number of anilines is 1. The Morgan fingerprint density at radius 2 is 1.77 bits per heavy atom. The smallest absolute Gasteiger partial charge is 0.339 e. The van der Waals surface area contributed by atoms with Gasteiger partial charge in [0.15, 0.2) is 0 Å². The maximum Gasteiger partial charge on any atom is 0.339 e. The highest BCUT2D eigenvalue weighted by molar-refractivity contribution is 7.99. The number of para-hydroxylation sites is 1. The van der Waals surface area contributed by atoms with E-state index in [0.717, 1.165) is 28.1 Å². The lowest BCUT2D eigenvalue weighted by Gasteiger charge is -2.08. The molecular formula is C22H17N3O4S. The van der Waals surface area contributed by atoms with Crippen LogP contribution in [0.1, 0.15) is 10.4 Å². The summed E-state index contributed by atoms with van der Waals surface area (Å²) in [5, 5.41) is 13.2. The van der Waals surface area contributed by atoms with Gasteiger partial charge in [0, 0.05) is 5.56 Å². The molecule has 0 aliphatic rings. The number of methoxy groups -OCH3 is 1. The van der Waals surface area contributed by atoms with Crippen LogP contribution in [0, 0.1) is 0 Å². The van der Waals surface area contributed by atoms with Crippen molar-refractivity contribution in [3.63, 3.8) is 0 Å². The van der Waals surface area contributed by atoms with Crippen LogP contribution >= 0.6 is 11.8 Å². The zero-order valence-electron chi connectivity index (χ0n) is 16.0. The monoisotopic (exact) mass is 419 g/mol. The second-order valence-electron chi connectivity index (χ2n) is 6.27. The quantitative estimate of drug-likeness (QED) is 0.365. The highest BCUT2D eigenvalue weighted by Crippen LogP contribution is 2.29. The Kier molecular flexibility index (Phi) is 5.76. The average Bonchev–Trinajstić information content (AvgIpc) is 3.26. The molecule has 4 rings (SSSR count). The van der Waals surface area contributed by atoms with E-state index in [9.17, 15) is 9.59 Å². The van der Waals surface area contributed by atoms with Crippen molar-refractivity contribution < 1.29 is 18.7 Å². The first-order valence-corrected chi connectivity index (χ1v) is 10.1. The van der Waals surface area contributed by atoms with Gasteiger partial charge in [-0.25, -0.2) is 4.79 Å². The molecule has 150 valence electrons. The maximum atomic E-state index is 12.3. The molecular weight excluding hydrogens is 402 g/mol. The molecule has 0 bridgehead atoms. The molecule has 0 aliphatic carbocycles. The van der Waals surface area contributed by atoms with Crippen molar-refractivity contribution in [3.8, 4) is 11.5 Å². The minimum atomic E-state index is -0.518. The van der Waals surface area contributed by atoms with E-state index in [1.807, 2.05) is 42.5 Å². The Labute approximate surface area is 176 Å². The van der Waals surface area contributed by atoms with E-state index in [2.05, 4.69) is 15.5 Å². The molecule has 0 saturated carbocycles. The zero-order chi connectivity index (χ0) is 20.9. The number of ether oxygens (including phenoxy) is 1. The van der Waals surface area contributed by atoms with E-state index in [-0.39, 0.29) is 22.4 Å². The van der Waals surface area contributed by atoms with Gasteiger partial charge in [0.1, 0.15) is 0 Å². The molecule has 0 aliphatic heterocycles. The fraction of sp³-hybridized carbons (Fsp3) is 0.0909. The number of aromatic nitrogens is 2. The van der Waals surface area contributed by atoms with E-state index < -0.39 is 5.97 Å². The Bertz CT molecular complexity index is 1220. The van der Waals surface area contributed by atoms with Gasteiger partial charge in [-0.3, -0.25) is 4.79 Å². The van der Waals surface area contributed by atoms with E-state index in [4.69, 9.17) is 9.15 Å². The largest absolute Gasteiger partial charge is 0.465 e. The Hall–Kier alpha value is -3.65. The standard InChI is InChI=1S/C22H17N3O4S/c1-28-21(27)17-10-4-5-12-18(17)23-19(26)13-30-22-25-24-20(29-22)16-11-6-8-14-7-2-3-9-15(14)16/h2-12H,13H2,1H3,(H,23,26). The summed E-state index contributed by atoms with van der Waals surface area (Å²) in [7, 11) is 1.29. The van der Waals surface area contributed by atoms with Crippen LogP contribution in [0.2, 0.25) is 0 Å². The number of nitrogens with one attached hydrogen (secondary N) is 1.